The molecule has 1 unspecified atom stereocenters. The van der Waals surface area contributed by atoms with E-state index in [9.17, 15) is 4.79 Å². The van der Waals surface area contributed by atoms with Crippen LogP contribution in [0.15, 0.2) is 42.5 Å². The molecule has 110 valence electrons. The van der Waals surface area contributed by atoms with Gasteiger partial charge in [-0.3, -0.25) is 4.79 Å². The van der Waals surface area contributed by atoms with E-state index in [1.54, 1.807) is 0 Å². The van der Waals surface area contributed by atoms with E-state index in [-0.39, 0.29) is 5.91 Å². The number of quaternary nitrogens is 1. The van der Waals surface area contributed by atoms with Gasteiger partial charge in [-0.25, -0.2) is 0 Å². The molecule has 21 heavy (non-hydrogen) atoms. The van der Waals surface area contributed by atoms with Crippen LogP contribution in [0.1, 0.15) is 19.8 Å². The number of likely N-dealkylation sites (tertiary alicyclic amines) is 1. The molecule has 1 aliphatic rings. The molecule has 0 spiro atoms. The van der Waals surface area contributed by atoms with Gasteiger partial charge < -0.3 is 10.2 Å². The van der Waals surface area contributed by atoms with Crippen molar-refractivity contribution in [2.45, 2.75) is 19.8 Å². The number of anilines is 1. The van der Waals surface area contributed by atoms with Crippen LogP contribution in [0.25, 0.3) is 10.8 Å². The summed E-state index contributed by atoms with van der Waals surface area (Å²) in [5, 5.41) is 5.36. The predicted molar refractivity (Wildman–Crippen MR) is 86.5 cm³/mol. The highest BCUT2D eigenvalue weighted by atomic mass is 16.2. The highest BCUT2D eigenvalue weighted by molar-refractivity contribution is 6.02. The Balaban J connectivity index is 1.69. The first kappa shape index (κ1) is 14.1. The molecule has 1 heterocycles. The highest BCUT2D eigenvalue weighted by Crippen LogP contribution is 2.22. The van der Waals surface area contributed by atoms with E-state index in [1.165, 1.54) is 17.7 Å². The summed E-state index contributed by atoms with van der Waals surface area (Å²) in [5.74, 6) is 0.856. The monoisotopic (exact) mass is 283 g/mol. The molecule has 0 radical (unpaired) electrons. The minimum atomic E-state index is 0.121. The van der Waals surface area contributed by atoms with E-state index in [0.29, 0.717) is 6.54 Å². The van der Waals surface area contributed by atoms with E-state index >= 15 is 0 Å². The second kappa shape index (κ2) is 6.27. The van der Waals surface area contributed by atoms with E-state index < -0.39 is 0 Å². The summed E-state index contributed by atoms with van der Waals surface area (Å²) < 4.78 is 0. The number of rotatable bonds is 3. The van der Waals surface area contributed by atoms with Gasteiger partial charge in [-0.2, -0.15) is 0 Å². The van der Waals surface area contributed by atoms with Crippen molar-refractivity contribution in [3.05, 3.63) is 42.5 Å². The van der Waals surface area contributed by atoms with Crippen molar-refractivity contribution in [2.24, 2.45) is 5.92 Å². The third kappa shape index (κ3) is 3.42. The summed E-state index contributed by atoms with van der Waals surface area (Å²) in [7, 11) is 0. The molecule has 1 aliphatic heterocycles. The first-order chi connectivity index (χ1) is 10.2. The number of carbonyl (C=O) groups excluding carboxylic acids is 1. The molecule has 0 bridgehead atoms. The Morgan fingerprint density at radius 2 is 2.05 bits per heavy atom. The molecule has 1 saturated heterocycles. The van der Waals surface area contributed by atoms with Gasteiger partial charge in [-0.05, 0) is 24.3 Å². The Morgan fingerprint density at radius 3 is 2.90 bits per heavy atom. The van der Waals surface area contributed by atoms with Crippen molar-refractivity contribution in [1.29, 1.82) is 0 Å². The zero-order chi connectivity index (χ0) is 14.7. The maximum absolute atomic E-state index is 12.3. The largest absolute Gasteiger partial charge is 0.327 e. The van der Waals surface area contributed by atoms with Gasteiger partial charge in [0.2, 0.25) is 0 Å². The summed E-state index contributed by atoms with van der Waals surface area (Å²) in [6.07, 6.45) is 2.53. The van der Waals surface area contributed by atoms with Crippen LogP contribution >= 0.6 is 0 Å². The standard InChI is InChI=1S/C18H22N2O/c1-14-6-5-11-20(12-14)13-18(21)19-17-10-4-8-15-7-2-3-9-16(15)17/h2-4,7-10,14H,5-6,11-13H2,1H3,(H,19,21)/p+1/t14-/m1/s1. The van der Waals surface area contributed by atoms with Crippen LogP contribution in [0.4, 0.5) is 5.69 Å². The molecule has 2 aromatic carbocycles. The van der Waals surface area contributed by atoms with Crippen molar-refractivity contribution in [3.63, 3.8) is 0 Å². The van der Waals surface area contributed by atoms with Crippen LogP contribution in [0.2, 0.25) is 0 Å². The van der Waals surface area contributed by atoms with E-state index in [0.717, 1.165) is 35.5 Å². The summed E-state index contributed by atoms with van der Waals surface area (Å²) in [4.78, 5) is 13.7. The zero-order valence-electron chi connectivity index (χ0n) is 12.6. The average Bonchev–Trinajstić information content (AvgIpc) is 2.47. The smallest absolute Gasteiger partial charge is 0.279 e. The third-order valence-corrected chi connectivity index (χ3v) is 4.34. The van der Waals surface area contributed by atoms with Crippen LogP contribution in [-0.2, 0) is 4.79 Å². The molecule has 2 N–H and O–H groups in total. The van der Waals surface area contributed by atoms with Crippen LogP contribution < -0.4 is 10.2 Å². The quantitative estimate of drug-likeness (QED) is 0.888. The average molecular weight is 283 g/mol. The molecule has 3 heteroatoms. The fourth-order valence-electron chi connectivity index (χ4n) is 3.31. The van der Waals surface area contributed by atoms with Gasteiger partial charge in [0.25, 0.3) is 5.91 Å². The maximum Gasteiger partial charge on any atom is 0.279 e. The number of amides is 1. The second-order valence-corrected chi connectivity index (χ2v) is 6.20. The van der Waals surface area contributed by atoms with Crippen molar-refractivity contribution < 1.29 is 9.69 Å². The van der Waals surface area contributed by atoms with E-state index in [1.807, 2.05) is 24.3 Å². The Kier molecular flexibility index (Phi) is 4.20. The fraction of sp³-hybridized carbons (Fsp3) is 0.389. The Morgan fingerprint density at radius 1 is 1.24 bits per heavy atom. The van der Waals surface area contributed by atoms with Crippen molar-refractivity contribution in [1.82, 2.24) is 0 Å². The highest BCUT2D eigenvalue weighted by Gasteiger charge is 2.22. The molecule has 3 rings (SSSR count). The first-order valence-electron chi connectivity index (χ1n) is 7.83. The van der Waals surface area contributed by atoms with Gasteiger partial charge in [-0.1, -0.05) is 43.3 Å². The van der Waals surface area contributed by atoms with E-state index in [2.05, 4.69) is 30.4 Å². The number of hydrogen-bond donors (Lipinski definition) is 2. The molecular weight excluding hydrogens is 260 g/mol. The molecule has 0 aliphatic carbocycles. The minimum Gasteiger partial charge on any atom is -0.327 e. The number of fused-ring (bicyclic) bond motifs is 1. The van der Waals surface area contributed by atoms with E-state index in [4.69, 9.17) is 0 Å². The van der Waals surface area contributed by atoms with Gasteiger partial charge in [0.15, 0.2) is 6.54 Å². The molecule has 1 amide bonds. The van der Waals surface area contributed by atoms with Crippen molar-refractivity contribution in [2.75, 3.05) is 25.0 Å². The Bertz CT molecular complexity index is 633. The normalized spacial score (nSPS) is 22.1. The lowest BCUT2D eigenvalue weighted by atomic mass is 10.0. The molecule has 0 saturated carbocycles. The van der Waals surface area contributed by atoms with Gasteiger partial charge >= 0.3 is 0 Å². The number of nitrogens with one attached hydrogen (secondary N) is 2. The molecule has 2 aromatic rings. The second-order valence-electron chi connectivity index (χ2n) is 6.20. The topological polar surface area (TPSA) is 33.5 Å². The Labute approximate surface area is 125 Å². The van der Waals surface area contributed by atoms with Gasteiger partial charge in [-0.15, -0.1) is 0 Å². The van der Waals surface area contributed by atoms with Crippen molar-refractivity contribution >= 4 is 22.4 Å². The van der Waals surface area contributed by atoms with Gasteiger partial charge in [0.1, 0.15) is 0 Å². The van der Waals surface area contributed by atoms with Crippen LogP contribution in [0.5, 0.6) is 0 Å². The number of hydrogen-bond acceptors (Lipinski definition) is 1. The van der Waals surface area contributed by atoms with Gasteiger partial charge in [0, 0.05) is 17.0 Å². The number of benzene rings is 2. The summed E-state index contributed by atoms with van der Waals surface area (Å²) in [6, 6.07) is 14.2. The molecule has 1 fully saturated rings. The van der Waals surface area contributed by atoms with Gasteiger partial charge in [0.05, 0.1) is 13.1 Å². The first-order valence-corrected chi connectivity index (χ1v) is 7.83. The lowest BCUT2D eigenvalue weighted by Crippen LogP contribution is -3.14. The van der Waals surface area contributed by atoms with Crippen LogP contribution in [0, 0.1) is 5.92 Å². The molecular formula is C18H23N2O+. The molecule has 3 nitrogen and oxygen atoms in total. The SMILES string of the molecule is C[C@@H]1CCC[NH+](CC(=O)Nc2cccc3ccccc23)C1. The maximum atomic E-state index is 12.3. The van der Waals surface area contributed by atoms with Crippen LogP contribution in [0.3, 0.4) is 0 Å². The summed E-state index contributed by atoms with van der Waals surface area (Å²) in [5.41, 5.74) is 0.919. The molecule has 0 aromatic heterocycles. The predicted octanol–water partition coefficient (Wildman–Crippen LogP) is 2.09. The third-order valence-electron chi connectivity index (χ3n) is 4.34. The summed E-state index contributed by atoms with van der Waals surface area (Å²) >= 11 is 0. The zero-order valence-corrected chi connectivity index (χ0v) is 12.6. The molecule has 2 atom stereocenters. The lowest BCUT2D eigenvalue weighted by Gasteiger charge is -2.27. The Hall–Kier alpha value is -1.87. The minimum absolute atomic E-state index is 0.121. The lowest BCUT2D eigenvalue weighted by molar-refractivity contribution is -0.900. The van der Waals surface area contributed by atoms with Crippen LogP contribution in [-0.4, -0.2) is 25.5 Å². The van der Waals surface area contributed by atoms with Crippen molar-refractivity contribution in [3.8, 4) is 0 Å². The summed E-state index contributed by atoms with van der Waals surface area (Å²) in [6.45, 7) is 5.09. The fourth-order valence-corrected chi connectivity index (χ4v) is 3.31. The number of piperidine rings is 1. The number of carbonyl (C=O) groups is 1.